The molecule has 21 nitrogen and oxygen atoms in total. The SMILES string of the molecule is Nc1nc2c(ncn2[C@@H]2O[C@H](COP(=O)(O)OP(=O)(O)O[C@@H]3O[C@H](CO)[C@@H](O)[C@H](O)[C@@H]3O)[C@@H](O)[C@H]2O)c(=O)[nH]1. The summed E-state index contributed by atoms with van der Waals surface area (Å²) in [5.41, 5.74) is 4.54. The minimum absolute atomic E-state index is 0.114. The lowest BCUT2D eigenvalue weighted by molar-refractivity contribution is -0.280. The molecule has 11 atom stereocenters. The third-order valence-electron chi connectivity index (χ3n) is 5.76. The summed E-state index contributed by atoms with van der Waals surface area (Å²) in [4.78, 5) is 41.7. The molecular weight excluding hydrogens is 580 g/mol. The molecule has 0 amide bonds. The van der Waals surface area contributed by atoms with Gasteiger partial charge in [-0.3, -0.25) is 23.4 Å². The summed E-state index contributed by atoms with van der Waals surface area (Å²) in [6, 6.07) is 0. The van der Waals surface area contributed by atoms with Crippen molar-refractivity contribution in [1.82, 2.24) is 19.5 Å². The van der Waals surface area contributed by atoms with Crippen molar-refractivity contribution < 1.29 is 72.4 Å². The molecule has 39 heavy (non-hydrogen) atoms. The van der Waals surface area contributed by atoms with Crippen LogP contribution in [-0.4, -0.2) is 122 Å². The van der Waals surface area contributed by atoms with Crippen LogP contribution in [0, 0.1) is 0 Å². The van der Waals surface area contributed by atoms with Crippen molar-refractivity contribution in [3.63, 3.8) is 0 Å². The molecule has 2 aliphatic heterocycles. The molecule has 0 radical (unpaired) electrons. The first-order valence-corrected chi connectivity index (χ1v) is 13.9. The number of hydrogen-bond donors (Lipinski definition) is 10. The van der Waals surface area contributed by atoms with Gasteiger partial charge < -0.3 is 55.6 Å². The molecule has 0 saturated carbocycles. The second-order valence-electron chi connectivity index (χ2n) is 8.44. The molecule has 11 N–H and O–H groups in total. The summed E-state index contributed by atoms with van der Waals surface area (Å²) >= 11 is 0. The van der Waals surface area contributed by atoms with Gasteiger partial charge in [0.25, 0.3) is 5.56 Å². The van der Waals surface area contributed by atoms with Gasteiger partial charge in [-0.05, 0) is 0 Å². The molecule has 4 heterocycles. The number of anilines is 1. The van der Waals surface area contributed by atoms with E-state index in [1.54, 1.807) is 0 Å². The number of aromatic amines is 1. The van der Waals surface area contributed by atoms with Crippen molar-refractivity contribution in [3.8, 4) is 0 Å². The number of aliphatic hydroxyl groups excluding tert-OH is 6. The Labute approximate surface area is 216 Å². The number of aliphatic hydroxyl groups is 6. The maximum atomic E-state index is 12.3. The predicted molar refractivity (Wildman–Crippen MR) is 120 cm³/mol. The van der Waals surface area contributed by atoms with E-state index in [9.17, 15) is 49.2 Å². The van der Waals surface area contributed by atoms with E-state index in [2.05, 4.69) is 28.3 Å². The number of phosphoric acid groups is 2. The average Bonchev–Trinajstić information content (AvgIpc) is 3.38. The van der Waals surface area contributed by atoms with E-state index in [0.717, 1.165) is 10.9 Å². The van der Waals surface area contributed by atoms with Crippen LogP contribution in [0.3, 0.4) is 0 Å². The van der Waals surface area contributed by atoms with Crippen molar-refractivity contribution in [1.29, 1.82) is 0 Å². The number of ether oxygens (including phenoxy) is 2. The Morgan fingerprint density at radius 3 is 2.33 bits per heavy atom. The number of rotatable bonds is 9. The molecule has 4 rings (SSSR count). The van der Waals surface area contributed by atoms with E-state index in [1.807, 2.05) is 0 Å². The molecule has 2 aliphatic rings. The van der Waals surface area contributed by atoms with Crippen molar-refractivity contribution in [2.45, 2.75) is 55.2 Å². The van der Waals surface area contributed by atoms with E-state index in [0.29, 0.717) is 0 Å². The van der Waals surface area contributed by atoms with Crippen molar-refractivity contribution >= 4 is 32.8 Å². The zero-order chi connectivity index (χ0) is 28.9. The van der Waals surface area contributed by atoms with Gasteiger partial charge in [-0.25, -0.2) is 14.1 Å². The minimum atomic E-state index is -5.60. The van der Waals surface area contributed by atoms with Crippen LogP contribution in [0.2, 0.25) is 0 Å². The smallest absolute Gasteiger partial charge is 0.394 e. The molecule has 0 bridgehead atoms. The average molecular weight is 605 g/mol. The molecule has 0 aromatic carbocycles. The highest BCUT2D eigenvalue weighted by molar-refractivity contribution is 7.61. The molecule has 23 heteroatoms. The van der Waals surface area contributed by atoms with Crippen LogP contribution in [-0.2, 0) is 32.0 Å². The highest BCUT2D eigenvalue weighted by Crippen LogP contribution is 2.61. The molecule has 2 fully saturated rings. The summed E-state index contributed by atoms with van der Waals surface area (Å²) in [6.45, 7) is -1.89. The Balaban J connectivity index is 1.39. The number of fused-ring (bicyclic) bond motifs is 1. The fraction of sp³-hybridized carbons (Fsp3) is 0.688. The van der Waals surface area contributed by atoms with Gasteiger partial charge in [0.15, 0.2) is 23.7 Å². The van der Waals surface area contributed by atoms with E-state index in [1.165, 1.54) is 0 Å². The lowest BCUT2D eigenvalue weighted by atomic mass is 10.00. The number of H-pyrrole nitrogens is 1. The van der Waals surface area contributed by atoms with Gasteiger partial charge >= 0.3 is 15.6 Å². The van der Waals surface area contributed by atoms with Crippen LogP contribution in [0.1, 0.15) is 6.23 Å². The minimum Gasteiger partial charge on any atom is -0.394 e. The molecule has 0 spiro atoms. The third-order valence-corrected chi connectivity index (χ3v) is 8.36. The first kappa shape index (κ1) is 30.1. The Morgan fingerprint density at radius 1 is 1.00 bits per heavy atom. The fourth-order valence-electron chi connectivity index (χ4n) is 3.85. The van der Waals surface area contributed by atoms with Crippen LogP contribution in [0.4, 0.5) is 5.95 Å². The number of aromatic nitrogens is 4. The second kappa shape index (κ2) is 11.2. The van der Waals surface area contributed by atoms with E-state index in [-0.39, 0.29) is 17.1 Å². The van der Waals surface area contributed by atoms with Crippen LogP contribution >= 0.6 is 15.6 Å². The van der Waals surface area contributed by atoms with E-state index >= 15 is 0 Å². The quantitative estimate of drug-likeness (QED) is 0.120. The predicted octanol–water partition coefficient (Wildman–Crippen LogP) is -4.63. The van der Waals surface area contributed by atoms with Crippen LogP contribution in [0.15, 0.2) is 11.1 Å². The summed E-state index contributed by atoms with van der Waals surface area (Å²) in [7, 11) is -11.1. The molecule has 2 unspecified atom stereocenters. The highest BCUT2D eigenvalue weighted by atomic mass is 31.3. The normalized spacial score (nSPS) is 36.6. The van der Waals surface area contributed by atoms with Gasteiger partial charge in [-0.1, -0.05) is 0 Å². The zero-order valence-corrected chi connectivity index (χ0v) is 21.1. The number of phosphoric ester groups is 2. The van der Waals surface area contributed by atoms with Gasteiger partial charge in [0.1, 0.15) is 42.7 Å². The number of nitrogens with zero attached hydrogens (tertiary/aromatic N) is 3. The Bertz CT molecular complexity index is 1340. The zero-order valence-electron chi connectivity index (χ0n) is 19.3. The standard InChI is InChI=1S/C16H25N5O16P2/c17-16-19-12-6(13(28)20-16)18-3-21(12)14-10(26)8(24)5(34-14)2-33-38(29,30)37-39(31,32)36-15-11(27)9(25)7(23)4(1-22)35-15/h3-5,7-11,14-15,22-27H,1-2H2,(H,29,30)(H,31,32)(H3,17,19,20,28)/t4-,5-,7-,8-,9+,10-,11+,14-,15+/m1/s1. The highest BCUT2D eigenvalue weighted by Gasteiger charge is 2.49. The molecule has 2 saturated heterocycles. The molecular formula is C16H25N5O16P2. The van der Waals surface area contributed by atoms with E-state index in [4.69, 9.17) is 20.3 Å². The molecule has 220 valence electrons. The monoisotopic (exact) mass is 605 g/mol. The van der Waals surface area contributed by atoms with E-state index < -0.39 is 89.7 Å². The fourth-order valence-corrected chi connectivity index (χ4v) is 6.01. The van der Waals surface area contributed by atoms with Crippen LogP contribution in [0.25, 0.3) is 11.2 Å². The Hall–Kier alpha value is -1.91. The van der Waals surface area contributed by atoms with Gasteiger partial charge in [-0.15, -0.1) is 0 Å². The number of nitrogen functional groups attached to an aromatic ring is 1. The van der Waals surface area contributed by atoms with Gasteiger partial charge in [-0.2, -0.15) is 9.29 Å². The molecule has 0 aliphatic carbocycles. The molecule has 2 aromatic rings. The van der Waals surface area contributed by atoms with Crippen molar-refractivity contribution in [2.24, 2.45) is 0 Å². The van der Waals surface area contributed by atoms with Crippen LogP contribution < -0.4 is 11.3 Å². The summed E-state index contributed by atoms with van der Waals surface area (Å²) in [6.07, 6.45) is -15.0. The first-order valence-electron chi connectivity index (χ1n) is 10.9. The number of imidazole rings is 1. The lowest BCUT2D eigenvalue weighted by Crippen LogP contribution is -2.58. The van der Waals surface area contributed by atoms with Gasteiger partial charge in [0.2, 0.25) is 5.95 Å². The maximum absolute atomic E-state index is 12.3. The third kappa shape index (κ3) is 6.22. The Kier molecular flexibility index (Phi) is 8.60. The van der Waals surface area contributed by atoms with Gasteiger partial charge in [0, 0.05) is 0 Å². The van der Waals surface area contributed by atoms with Gasteiger partial charge in [0.05, 0.1) is 19.5 Å². The summed E-state index contributed by atoms with van der Waals surface area (Å²) in [5.74, 6) is -0.278. The first-order chi connectivity index (χ1) is 18.1. The topological polar surface area (TPSA) is 332 Å². The number of hydrogen-bond acceptors (Lipinski definition) is 17. The van der Waals surface area contributed by atoms with Crippen molar-refractivity contribution in [3.05, 3.63) is 16.7 Å². The van der Waals surface area contributed by atoms with Crippen LogP contribution in [0.5, 0.6) is 0 Å². The lowest BCUT2D eigenvalue weighted by Gasteiger charge is -2.39. The summed E-state index contributed by atoms with van der Waals surface area (Å²) < 4.78 is 49.1. The number of nitrogens with one attached hydrogen (secondary N) is 1. The largest absolute Gasteiger partial charge is 0.483 e. The second-order valence-corrected chi connectivity index (χ2v) is 11.4. The molecule has 2 aromatic heterocycles. The maximum Gasteiger partial charge on any atom is 0.483 e. The van der Waals surface area contributed by atoms with Crippen molar-refractivity contribution in [2.75, 3.05) is 18.9 Å². The Morgan fingerprint density at radius 2 is 1.67 bits per heavy atom. The summed E-state index contributed by atoms with van der Waals surface area (Å²) in [5, 5.41) is 59.2. The number of nitrogens with two attached hydrogens (primary N) is 1.